The molecule has 0 bridgehead atoms. The predicted molar refractivity (Wildman–Crippen MR) is 420 cm³/mol. The highest BCUT2D eigenvalue weighted by molar-refractivity contribution is 7.84. The number of likely N-dealkylation sites (tertiary alicyclic amines) is 1. The van der Waals surface area contributed by atoms with Gasteiger partial charge in [-0.2, -0.15) is 12.7 Å². The third-order valence-corrected chi connectivity index (χ3v) is 22.2. The van der Waals surface area contributed by atoms with Crippen molar-refractivity contribution < 1.29 is 51.4 Å². The van der Waals surface area contributed by atoms with Crippen LogP contribution < -0.4 is 21.3 Å². The second-order valence-corrected chi connectivity index (χ2v) is 32.2. The lowest BCUT2D eigenvalue weighted by molar-refractivity contribution is -0.142. The van der Waals surface area contributed by atoms with E-state index in [9.17, 15) is 27.9 Å². The maximum atomic E-state index is 12.2. The van der Waals surface area contributed by atoms with Crippen LogP contribution in [0.2, 0.25) is 0 Å². The molecule has 2 amide bonds. The lowest BCUT2D eigenvalue weighted by atomic mass is 9.92. The molecule has 0 aliphatic carbocycles. The number of anilines is 2. The number of nitrogens with zero attached hydrogens (tertiary/aromatic N) is 8. The molecular formula is C80H93BN12O11S3. The number of aliphatic hydroxyl groups excluding tert-OH is 1. The topological polar surface area (TPSA) is 295 Å². The summed E-state index contributed by atoms with van der Waals surface area (Å²) in [5.74, 6) is 0.114. The number of carbonyl (C=O) groups excluding carboxylic acids is 2. The van der Waals surface area contributed by atoms with Crippen LogP contribution >= 0.6 is 22.7 Å². The van der Waals surface area contributed by atoms with E-state index < -0.39 is 45.7 Å². The smallest absolute Gasteiger partial charge is 0.414 e. The number of hydrogen-bond acceptors (Lipinski definition) is 21. The summed E-state index contributed by atoms with van der Waals surface area (Å²) in [5.41, 5.74) is 5.74. The van der Waals surface area contributed by atoms with Crippen LogP contribution in [0, 0.1) is 0 Å². The van der Waals surface area contributed by atoms with E-state index in [1.165, 1.54) is 43.7 Å². The standard InChI is InChI=1S/C22H21N5S.C16H16N4O2S.C16H21NO4.C11H13NO3S.C11H15NO.C4H7BO/c1-2-4-15(5-3-1)19-9-11-24-20(19)14-25-22-27-26-21(28-22)17-6-7-18-13-23-10-8-16(18)12-17;1-16(2,3)22-15(21)18-14-20-19-13(23-14)11-4-5-12-9-17-7-6-10(12)8-11;1-16(2,3)21-15(20)17-10-9-12(13(17)14(18)19)11-7-5-4-6-8-11;13-16(14)12-7-6-10(11(12)8-15-16)9-4-2-1-3-5-9;13-8-11-10(6-7-12-11)9-4-2-1-3-5-9;5-4-2-1-3-6-4/h1-8,10,12-13,19-20,24H,9,11,14H2,(H,25,27);4-9H,1-3H3,(H,18,20,21);4-8,12-13H,9-10H2,1-3H3,(H,18,19);1-5,10-11H,6-8H2;1-5,10-13H,6-8H2;4H,1-3H2/t19-,20+;;12-,13-;2*10-,11+;/m0.000./s1. The Kier molecular flexibility index (Phi) is 27.4. The molecule has 6 aliphatic rings. The zero-order chi connectivity index (χ0) is 75.5. The Labute approximate surface area is 635 Å². The van der Waals surface area contributed by atoms with E-state index in [1.54, 1.807) is 38.3 Å². The molecule has 6 fully saturated rings. The number of carboxylic acid groups (broad SMARTS) is 1. The molecule has 9 atom stereocenters. The number of nitrogens with one attached hydrogen (secondary N) is 4. The highest BCUT2D eigenvalue weighted by Gasteiger charge is 2.48. The van der Waals surface area contributed by atoms with Gasteiger partial charge in [-0.05, 0) is 150 Å². The monoisotopic (exact) mass is 1500 g/mol. The molecule has 4 aromatic heterocycles. The lowest BCUT2D eigenvalue weighted by Crippen LogP contribution is -2.45. The van der Waals surface area contributed by atoms with E-state index in [0.717, 1.165) is 105 Å². The molecular weight excluding hydrogens is 1410 g/mol. The van der Waals surface area contributed by atoms with Gasteiger partial charge in [0.15, 0.2) is 0 Å². The second kappa shape index (κ2) is 37.1. The number of aromatic nitrogens is 6. The predicted octanol–water partition coefficient (Wildman–Crippen LogP) is 13.8. The third-order valence-electron chi connectivity index (χ3n) is 18.9. The van der Waals surface area contributed by atoms with E-state index in [1.807, 2.05) is 124 Å². The first-order valence-corrected chi connectivity index (χ1v) is 39.2. The molecule has 10 heterocycles. The van der Waals surface area contributed by atoms with Crippen molar-refractivity contribution in [1.82, 2.24) is 50.2 Å². The molecule has 6 aliphatic heterocycles. The van der Waals surface area contributed by atoms with Crippen LogP contribution in [0.15, 0.2) is 195 Å². The van der Waals surface area contributed by atoms with Crippen molar-refractivity contribution in [3.63, 3.8) is 0 Å². The number of aliphatic hydroxyl groups is 1. The zero-order valence-corrected chi connectivity index (χ0v) is 63.5. The largest absolute Gasteiger partial charge is 0.480 e. The van der Waals surface area contributed by atoms with Gasteiger partial charge in [-0.1, -0.05) is 168 Å². The number of aliphatic carboxylic acids is 1. The fraction of sp³-hybridized carbons (Fsp3) is 0.388. The number of fused-ring (bicyclic) bond motifs is 3. The molecule has 0 spiro atoms. The van der Waals surface area contributed by atoms with Crippen molar-refractivity contribution in [2.45, 2.75) is 145 Å². The van der Waals surface area contributed by atoms with Crippen LogP contribution in [0.5, 0.6) is 0 Å². The van der Waals surface area contributed by atoms with Gasteiger partial charge in [0.05, 0.1) is 19.3 Å². The quantitative estimate of drug-likeness (QED) is 0.0619. The molecule has 107 heavy (non-hydrogen) atoms. The van der Waals surface area contributed by atoms with Crippen molar-refractivity contribution in [3.05, 3.63) is 217 Å². The van der Waals surface area contributed by atoms with E-state index in [2.05, 4.69) is 137 Å². The summed E-state index contributed by atoms with van der Waals surface area (Å²) in [6, 6.07) is 56.8. The van der Waals surface area contributed by atoms with Gasteiger partial charge in [0.2, 0.25) is 10.3 Å². The van der Waals surface area contributed by atoms with Gasteiger partial charge in [-0.25, -0.2) is 14.4 Å². The molecule has 23 nitrogen and oxygen atoms in total. The highest BCUT2D eigenvalue weighted by atomic mass is 32.2. The summed E-state index contributed by atoms with van der Waals surface area (Å²) in [6.07, 6.45) is 12.2. The molecule has 6 saturated heterocycles. The van der Waals surface area contributed by atoms with E-state index in [0.29, 0.717) is 49.1 Å². The zero-order valence-electron chi connectivity index (χ0n) is 61.0. The molecule has 16 rings (SSSR count). The Hall–Kier alpha value is -9.16. The third kappa shape index (κ3) is 22.0. The van der Waals surface area contributed by atoms with Crippen molar-refractivity contribution in [2.24, 2.45) is 0 Å². The van der Waals surface area contributed by atoms with E-state index in [4.69, 9.17) is 31.3 Å². The molecule has 560 valence electrons. The number of amides is 2. The maximum absolute atomic E-state index is 12.2. The first-order chi connectivity index (χ1) is 51.6. The summed E-state index contributed by atoms with van der Waals surface area (Å²) in [5, 5.41) is 55.9. The van der Waals surface area contributed by atoms with Crippen LogP contribution in [-0.2, 0) is 33.5 Å². The number of carbonyl (C=O) groups is 3. The van der Waals surface area contributed by atoms with Gasteiger partial charge in [-0.3, -0.25) is 24.4 Å². The van der Waals surface area contributed by atoms with E-state index >= 15 is 0 Å². The summed E-state index contributed by atoms with van der Waals surface area (Å²) < 4.78 is 44.8. The maximum Gasteiger partial charge on any atom is 0.414 e. The minimum atomic E-state index is -3.43. The highest BCUT2D eigenvalue weighted by Crippen LogP contribution is 2.40. The van der Waals surface area contributed by atoms with Crippen LogP contribution in [0.25, 0.3) is 42.7 Å². The van der Waals surface area contributed by atoms with Crippen LogP contribution in [0.4, 0.5) is 19.9 Å². The Morgan fingerprint density at radius 2 is 1.09 bits per heavy atom. The number of benzene rings is 6. The summed E-state index contributed by atoms with van der Waals surface area (Å²) in [7, 11) is 1.88. The number of carboxylic acids is 1. The van der Waals surface area contributed by atoms with Crippen molar-refractivity contribution in [2.75, 3.05) is 63.2 Å². The van der Waals surface area contributed by atoms with Gasteiger partial charge in [-0.15, -0.1) is 20.4 Å². The van der Waals surface area contributed by atoms with Crippen molar-refractivity contribution in [1.29, 1.82) is 0 Å². The minimum absolute atomic E-state index is 0.00704. The van der Waals surface area contributed by atoms with E-state index in [-0.39, 0.29) is 36.5 Å². The Balaban J connectivity index is 0.000000133. The molecule has 2 radical (unpaired) electrons. The first kappa shape index (κ1) is 78.9. The van der Waals surface area contributed by atoms with Gasteiger partial charge in [0.25, 0.3) is 0 Å². The Morgan fingerprint density at radius 1 is 0.598 bits per heavy atom. The number of rotatable bonds is 12. The molecule has 0 saturated carbocycles. The fourth-order valence-corrected chi connectivity index (χ4v) is 16.6. The Bertz CT molecular complexity index is 4610. The van der Waals surface area contributed by atoms with Gasteiger partial charge < -0.3 is 40.4 Å². The molecule has 10 aromatic rings. The summed E-state index contributed by atoms with van der Waals surface area (Å²) in [6.45, 7) is 16.0. The first-order valence-electron chi connectivity index (χ1n) is 36.2. The van der Waals surface area contributed by atoms with Crippen LogP contribution in [-0.4, -0.2) is 178 Å². The average Bonchev–Trinajstić information content (AvgIpc) is 1.62. The lowest BCUT2D eigenvalue weighted by Gasteiger charge is -2.28. The summed E-state index contributed by atoms with van der Waals surface area (Å²) >= 11 is 2.90. The minimum Gasteiger partial charge on any atom is -0.480 e. The SMILES string of the molecule is CC(C)(C)OC(=O)N1CC[C@@H](c2ccccc2)[C@H]1C(=O)O.CC(C)(C)OC(=O)Nc1nnc(-c2ccc3cnccc3c2)s1.O=S1(=O)OC[C@@H]2[C@H](c3ccccc3)CCN21.OC[C@H]1NCC[C@H]1c1ccccc1.[B]C1CCCO1.c1ccc([C@@H]2CCN[C@@H]2CNc2nnc(-c3ccc4cnccc4c3)s2)cc1. The summed E-state index contributed by atoms with van der Waals surface area (Å²) in [4.78, 5) is 45.1. The van der Waals surface area contributed by atoms with Crippen LogP contribution in [0.3, 0.4) is 0 Å². The van der Waals surface area contributed by atoms with Gasteiger partial charge >= 0.3 is 28.5 Å². The van der Waals surface area contributed by atoms with Gasteiger partial charge in [0.1, 0.15) is 35.1 Å². The second-order valence-electron chi connectivity index (χ2n) is 28.7. The molecule has 6 aromatic carbocycles. The normalized spacial score (nSPS) is 22.0. The van der Waals surface area contributed by atoms with Crippen LogP contribution in [0.1, 0.15) is 126 Å². The average molecular weight is 1510 g/mol. The molecule has 6 N–H and O–H groups in total. The fourth-order valence-electron chi connectivity index (χ4n) is 13.9. The molecule has 1 unspecified atom stereocenters. The molecule has 27 heteroatoms. The number of hydrogen-bond donors (Lipinski definition) is 6. The van der Waals surface area contributed by atoms with Crippen molar-refractivity contribution >= 4 is 90.8 Å². The Morgan fingerprint density at radius 3 is 1.59 bits per heavy atom. The number of pyridine rings is 2. The number of ether oxygens (including phenoxy) is 3. The van der Waals surface area contributed by atoms with Crippen molar-refractivity contribution in [3.8, 4) is 21.1 Å². The van der Waals surface area contributed by atoms with Gasteiger partial charge in [0, 0.05) is 115 Å².